The van der Waals surface area contributed by atoms with Gasteiger partial charge in [-0.05, 0) is 19.3 Å². The largest absolute Gasteiger partial charge is 0.329 e. The highest BCUT2D eigenvalue weighted by Gasteiger charge is 2.32. The van der Waals surface area contributed by atoms with Crippen molar-refractivity contribution in [2.24, 2.45) is 5.92 Å². The maximum atomic E-state index is 11.3. The Balaban J connectivity index is 2.59. The summed E-state index contributed by atoms with van der Waals surface area (Å²) in [6.07, 6.45) is 0.860. The Morgan fingerprint density at radius 3 is 2.38 bits per heavy atom. The summed E-state index contributed by atoms with van der Waals surface area (Å²) in [6.45, 7) is 6.22. The number of carbonyl (C=O) groups is 2. The standard InChI is InChI=1S/C9H16N2O2/c1-6(2)4-7(3)11-8(12)5-10-9(11)13/h6-7H,4-5H2,1-3H3,(H,10,13). The average Bonchev–Trinajstić information content (AvgIpc) is 2.29. The number of hydrogen-bond donors (Lipinski definition) is 1. The summed E-state index contributed by atoms with van der Waals surface area (Å²) in [7, 11) is 0. The Kier molecular flexibility index (Phi) is 2.90. The smallest absolute Gasteiger partial charge is 0.324 e. The molecule has 0 aromatic carbocycles. The SMILES string of the molecule is CC(C)CC(C)N1C(=O)CNC1=O. The second-order valence-corrected chi connectivity index (χ2v) is 3.90. The van der Waals surface area contributed by atoms with Crippen LogP contribution in [0.25, 0.3) is 0 Å². The predicted octanol–water partition coefficient (Wildman–Crippen LogP) is 0.973. The van der Waals surface area contributed by atoms with E-state index in [4.69, 9.17) is 0 Å². The van der Waals surface area contributed by atoms with Gasteiger partial charge in [0, 0.05) is 6.04 Å². The van der Waals surface area contributed by atoms with Gasteiger partial charge in [-0.1, -0.05) is 13.8 Å². The number of hydrogen-bond acceptors (Lipinski definition) is 2. The number of amides is 3. The van der Waals surface area contributed by atoms with Gasteiger partial charge in [0.15, 0.2) is 0 Å². The van der Waals surface area contributed by atoms with Crippen LogP contribution in [0.5, 0.6) is 0 Å². The Labute approximate surface area is 78.3 Å². The molecule has 0 saturated carbocycles. The second-order valence-electron chi connectivity index (χ2n) is 3.90. The number of nitrogens with one attached hydrogen (secondary N) is 1. The number of imide groups is 1. The first kappa shape index (κ1) is 10.0. The third-order valence-electron chi connectivity index (χ3n) is 2.13. The summed E-state index contributed by atoms with van der Waals surface area (Å²) < 4.78 is 0. The minimum absolute atomic E-state index is 0.00926. The second kappa shape index (κ2) is 3.77. The molecular formula is C9H16N2O2. The maximum absolute atomic E-state index is 11.3. The zero-order valence-corrected chi connectivity index (χ0v) is 8.33. The molecule has 1 unspecified atom stereocenters. The molecule has 1 saturated heterocycles. The van der Waals surface area contributed by atoms with Gasteiger partial charge in [0.2, 0.25) is 5.91 Å². The summed E-state index contributed by atoms with van der Waals surface area (Å²) in [5.41, 5.74) is 0. The van der Waals surface area contributed by atoms with E-state index in [1.165, 1.54) is 4.90 Å². The summed E-state index contributed by atoms with van der Waals surface area (Å²) in [4.78, 5) is 23.8. The summed E-state index contributed by atoms with van der Waals surface area (Å²) in [5.74, 6) is 0.384. The molecule has 0 aromatic rings. The molecule has 0 bridgehead atoms. The number of rotatable bonds is 3. The van der Waals surface area contributed by atoms with Gasteiger partial charge in [-0.3, -0.25) is 9.69 Å². The zero-order chi connectivity index (χ0) is 10.0. The molecule has 0 radical (unpaired) electrons. The molecule has 1 aliphatic heterocycles. The van der Waals surface area contributed by atoms with Crippen molar-refractivity contribution in [3.63, 3.8) is 0 Å². The first-order valence-electron chi connectivity index (χ1n) is 4.62. The van der Waals surface area contributed by atoms with Gasteiger partial charge in [-0.15, -0.1) is 0 Å². The molecule has 1 aliphatic rings. The van der Waals surface area contributed by atoms with Crippen molar-refractivity contribution >= 4 is 11.9 Å². The van der Waals surface area contributed by atoms with Crippen LogP contribution in [0.3, 0.4) is 0 Å². The third-order valence-corrected chi connectivity index (χ3v) is 2.13. The molecule has 4 heteroatoms. The number of urea groups is 1. The van der Waals surface area contributed by atoms with Gasteiger partial charge < -0.3 is 5.32 Å². The quantitative estimate of drug-likeness (QED) is 0.664. The number of carbonyl (C=O) groups excluding carboxylic acids is 2. The van der Waals surface area contributed by atoms with Crippen molar-refractivity contribution in [2.45, 2.75) is 33.2 Å². The van der Waals surface area contributed by atoms with Crippen molar-refractivity contribution in [3.8, 4) is 0 Å². The summed E-state index contributed by atoms with van der Waals surface area (Å²) in [6, 6.07) is -0.242. The van der Waals surface area contributed by atoms with E-state index in [0.717, 1.165) is 6.42 Å². The van der Waals surface area contributed by atoms with Crippen LogP contribution in [0.4, 0.5) is 4.79 Å². The monoisotopic (exact) mass is 184 g/mol. The van der Waals surface area contributed by atoms with E-state index in [0.29, 0.717) is 5.92 Å². The molecule has 0 spiro atoms. The fourth-order valence-electron chi connectivity index (χ4n) is 1.67. The first-order chi connectivity index (χ1) is 6.02. The van der Waals surface area contributed by atoms with E-state index in [9.17, 15) is 9.59 Å². The molecule has 74 valence electrons. The van der Waals surface area contributed by atoms with Crippen LogP contribution < -0.4 is 5.32 Å². The van der Waals surface area contributed by atoms with Crippen molar-refractivity contribution in [1.29, 1.82) is 0 Å². The summed E-state index contributed by atoms with van der Waals surface area (Å²) in [5, 5.41) is 2.51. The summed E-state index contributed by atoms with van der Waals surface area (Å²) >= 11 is 0. The van der Waals surface area contributed by atoms with E-state index in [-0.39, 0.29) is 24.5 Å². The number of nitrogens with zero attached hydrogens (tertiary/aromatic N) is 1. The Bertz CT molecular complexity index is 210. The van der Waals surface area contributed by atoms with Gasteiger partial charge in [0.05, 0.1) is 6.54 Å². The lowest BCUT2D eigenvalue weighted by molar-refractivity contribution is -0.126. The Morgan fingerprint density at radius 2 is 2.00 bits per heavy atom. The molecule has 0 aromatic heterocycles. The average molecular weight is 184 g/mol. The first-order valence-corrected chi connectivity index (χ1v) is 4.62. The van der Waals surface area contributed by atoms with E-state index in [1.807, 2.05) is 6.92 Å². The predicted molar refractivity (Wildman–Crippen MR) is 49.2 cm³/mol. The molecule has 1 fully saturated rings. The maximum Gasteiger partial charge on any atom is 0.324 e. The highest BCUT2D eigenvalue weighted by atomic mass is 16.2. The molecule has 0 aliphatic carbocycles. The van der Waals surface area contributed by atoms with Crippen LogP contribution in [-0.4, -0.2) is 29.4 Å². The van der Waals surface area contributed by atoms with Crippen molar-refractivity contribution < 1.29 is 9.59 Å². The molecule has 1 rings (SSSR count). The molecule has 3 amide bonds. The van der Waals surface area contributed by atoms with E-state index in [1.54, 1.807) is 0 Å². The molecule has 1 atom stereocenters. The van der Waals surface area contributed by atoms with Crippen molar-refractivity contribution in [1.82, 2.24) is 10.2 Å². The van der Waals surface area contributed by atoms with Crippen LogP contribution in [0, 0.1) is 5.92 Å². The van der Waals surface area contributed by atoms with Crippen LogP contribution >= 0.6 is 0 Å². The topological polar surface area (TPSA) is 49.4 Å². The molecule has 13 heavy (non-hydrogen) atoms. The van der Waals surface area contributed by atoms with Gasteiger partial charge in [-0.2, -0.15) is 0 Å². The Morgan fingerprint density at radius 1 is 1.38 bits per heavy atom. The minimum Gasteiger partial charge on any atom is -0.329 e. The molecule has 1 N–H and O–H groups in total. The van der Waals surface area contributed by atoms with E-state index >= 15 is 0 Å². The molecular weight excluding hydrogens is 168 g/mol. The fraction of sp³-hybridized carbons (Fsp3) is 0.778. The zero-order valence-electron chi connectivity index (χ0n) is 8.33. The highest BCUT2D eigenvalue weighted by molar-refractivity contribution is 6.02. The highest BCUT2D eigenvalue weighted by Crippen LogP contribution is 2.13. The normalized spacial score (nSPS) is 19.5. The molecule has 4 nitrogen and oxygen atoms in total. The van der Waals surface area contributed by atoms with Crippen molar-refractivity contribution in [2.75, 3.05) is 6.54 Å². The van der Waals surface area contributed by atoms with Crippen molar-refractivity contribution in [3.05, 3.63) is 0 Å². The minimum atomic E-state index is -0.252. The van der Waals surface area contributed by atoms with Crippen LogP contribution in [0.1, 0.15) is 27.2 Å². The lowest BCUT2D eigenvalue weighted by Gasteiger charge is -2.22. The lowest BCUT2D eigenvalue weighted by atomic mass is 10.0. The van der Waals surface area contributed by atoms with Gasteiger partial charge >= 0.3 is 6.03 Å². The third kappa shape index (κ3) is 2.20. The van der Waals surface area contributed by atoms with Gasteiger partial charge in [-0.25, -0.2) is 4.79 Å². The fourth-order valence-corrected chi connectivity index (χ4v) is 1.67. The van der Waals surface area contributed by atoms with Gasteiger partial charge in [0.25, 0.3) is 0 Å². The van der Waals surface area contributed by atoms with E-state index in [2.05, 4.69) is 19.2 Å². The lowest BCUT2D eigenvalue weighted by Crippen LogP contribution is -2.39. The van der Waals surface area contributed by atoms with E-state index < -0.39 is 0 Å². The van der Waals surface area contributed by atoms with Gasteiger partial charge in [0.1, 0.15) is 0 Å². The molecule has 1 heterocycles. The van der Waals surface area contributed by atoms with Crippen LogP contribution in [0.15, 0.2) is 0 Å². The Hall–Kier alpha value is -1.06. The van der Waals surface area contributed by atoms with Crippen LogP contribution in [0.2, 0.25) is 0 Å². The van der Waals surface area contributed by atoms with Crippen LogP contribution in [-0.2, 0) is 4.79 Å².